The zero-order chi connectivity index (χ0) is 24.0. The van der Waals surface area contributed by atoms with Gasteiger partial charge in [0.15, 0.2) is 18.1 Å². The first-order valence-corrected chi connectivity index (χ1v) is 10.6. The predicted octanol–water partition coefficient (Wildman–Crippen LogP) is 5.29. The van der Waals surface area contributed by atoms with Crippen LogP contribution in [0.2, 0.25) is 5.02 Å². The number of carboxylic acid groups (broad SMARTS) is 1. The summed E-state index contributed by atoms with van der Waals surface area (Å²) in [6.07, 6.45) is 0. The van der Waals surface area contributed by atoms with Crippen molar-refractivity contribution in [2.75, 3.05) is 24.4 Å². The topological polar surface area (TPSA) is 96.9 Å². The fourth-order valence-electron chi connectivity index (χ4n) is 3.13. The molecule has 0 saturated carbocycles. The van der Waals surface area contributed by atoms with Gasteiger partial charge in [0.05, 0.1) is 17.7 Å². The highest BCUT2D eigenvalue weighted by molar-refractivity contribution is 6.32. The summed E-state index contributed by atoms with van der Waals surface area (Å²) in [5.74, 6) is -0.656. The Bertz CT molecular complexity index is 1160. The molecule has 0 bridgehead atoms. The van der Waals surface area contributed by atoms with E-state index in [2.05, 4.69) is 10.6 Å². The van der Waals surface area contributed by atoms with E-state index in [1.54, 1.807) is 30.3 Å². The van der Waals surface area contributed by atoms with Gasteiger partial charge in [0.1, 0.15) is 0 Å². The predicted molar refractivity (Wildman–Crippen MR) is 129 cm³/mol. The minimum absolute atomic E-state index is 0.200. The van der Waals surface area contributed by atoms with Gasteiger partial charge < -0.3 is 25.2 Å². The zero-order valence-electron chi connectivity index (χ0n) is 18.6. The van der Waals surface area contributed by atoms with Crippen LogP contribution >= 0.6 is 11.6 Å². The summed E-state index contributed by atoms with van der Waals surface area (Å²) in [6, 6.07) is 15.8. The third-order valence-corrected chi connectivity index (χ3v) is 5.22. The lowest BCUT2D eigenvalue weighted by Gasteiger charge is -2.15. The summed E-state index contributed by atoms with van der Waals surface area (Å²) in [4.78, 5) is 23.5. The third kappa shape index (κ3) is 6.40. The molecule has 0 atom stereocenters. The SMILES string of the molecule is COc1cc(CNc2cc(C(=O)O)ccc2C)cc(Cl)c1OCC(=O)Nc1ccc(C)cc1. The van der Waals surface area contributed by atoms with Gasteiger partial charge in [-0.2, -0.15) is 0 Å². The fourth-order valence-corrected chi connectivity index (χ4v) is 3.42. The molecule has 0 unspecified atom stereocenters. The van der Waals surface area contributed by atoms with E-state index in [0.29, 0.717) is 28.7 Å². The summed E-state index contributed by atoms with van der Waals surface area (Å²) in [5.41, 5.74) is 4.39. The van der Waals surface area contributed by atoms with Gasteiger partial charge in [-0.15, -0.1) is 0 Å². The largest absolute Gasteiger partial charge is 0.493 e. The molecule has 0 radical (unpaired) electrons. The first-order valence-electron chi connectivity index (χ1n) is 10.2. The maximum absolute atomic E-state index is 12.2. The lowest BCUT2D eigenvalue weighted by molar-refractivity contribution is -0.118. The molecule has 3 aromatic carbocycles. The monoisotopic (exact) mass is 468 g/mol. The smallest absolute Gasteiger partial charge is 0.335 e. The number of methoxy groups -OCH3 is 1. The summed E-state index contributed by atoms with van der Waals surface area (Å²) in [6.45, 7) is 4.01. The number of carbonyl (C=O) groups excluding carboxylic acids is 1. The van der Waals surface area contributed by atoms with Crippen molar-refractivity contribution in [1.29, 1.82) is 0 Å². The Balaban J connectivity index is 1.67. The van der Waals surface area contributed by atoms with Crippen LogP contribution in [0.5, 0.6) is 11.5 Å². The van der Waals surface area contributed by atoms with E-state index in [1.807, 2.05) is 38.1 Å². The molecule has 33 heavy (non-hydrogen) atoms. The van der Waals surface area contributed by atoms with E-state index in [1.165, 1.54) is 7.11 Å². The van der Waals surface area contributed by atoms with Crippen LogP contribution < -0.4 is 20.1 Å². The van der Waals surface area contributed by atoms with Crippen LogP contribution in [0.25, 0.3) is 0 Å². The Kier molecular flexibility index (Phi) is 7.79. The van der Waals surface area contributed by atoms with Crippen molar-refractivity contribution >= 4 is 34.9 Å². The number of amides is 1. The second kappa shape index (κ2) is 10.7. The molecule has 0 fully saturated rings. The van der Waals surface area contributed by atoms with Crippen molar-refractivity contribution in [2.24, 2.45) is 0 Å². The Labute approximate surface area is 197 Å². The number of benzene rings is 3. The molecule has 0 aliphatic rings. The molecule has 3 aromatic rings. The summed E-state index contributed by atoms with van der Waals surface area (Å²) < 4.78 is 11.1. The number of carboxylic acids is 1. The van der Waals surface area contributed by atoms with Crippen LogP contribution in [0, 0.1) is 13.8 Å². The number of halogens is 1. The van der Waals surface area contributed by atoms with Gasteiger partial charge in [-0.05, 0) is 61.4 Å². The highest BCUT2D eigenvalue weighted by Gasteiger charge is 2.15. The minimum Gasteiger partial charge on any atom is -0.493 e. The number of ether oxygens (including phenoxy) is 2. The number of anilines is 2. The van der Waals surface area contributed by atoms with Gasteiger partial charge in [-0.25, -0.2) is 4.79 Å². The molecule has 172 valence electrons. The van der Waals surface area contributed by atoms with E-state index >= 15 is 0 Å². The maximum Gasteiger partial charge on any atom is 0.335 e. The van der Waals surface area contributed by atoms with E-state index in [4.69, 9.17) is 21.1 Å². The molecule has 0 aliphatic carbocycles. The standard InChI is InChI=1S/C25H25ClN2O5/c1-15-4-8-19(9-5-15)28-23(29)14-33-24-20(26)10-17(11-22(24)32-3)13-27-21-12-18(25(30)31)7-6-16(21)2/h4-12,27H,13-14H2,1-3H3,(H,28,29)(H,30,31). The molecule has 0 saturated heterocycles. The number of rotatable bonds is 9. The van der Waals surface area contributed by atoms with Gasteiger partial charge in [0, 0.05) is 17.9 Å². The molecule has 1 amide bonds. The molecule has 7 nitrogen and oxygen atoms in total. The number of hydrogen-bond donors (Lipinski definition) is 3. The van der Waals surface area contributed by atoms with Crippen molar-refractivity contribution in [3.8, 4) is 11.5 Å². The Morgan fingerprint density at radius 1 is 1.03 bits per heavy atom. The summed E-state index contributed by atoms with van der Waals surface area (Å²) in [7, 11) is 1.49. The lowest BCUT2D eigenvalue weighted by Crippen LogP contribution is -2.20. The number of aryl methyl sites for hydroxylation is 2. The van der Waals surface area contributed by atoms with Crippen LogP contribution in [-0.2, 0) is 11.3 Å². The Morgan fingerprint density at radius 3 is 2.42 bits per heavy atom. The molecular weight excluding hydrogens is 444 g/mol. The highest BCUT2D eigenvalue weighted by atomic mass is 35.5. The van der Waals surface area contributed by atoms with E-state index in [9.17, 15) is 14.7 Å². The quantitative estimate of drug-likeness (QED) is 0.394. The molecule has 0 heterocycles. The first kappa shape index (κ1) is 23.9. The van der Waals surface area contributed by atoms with Gasteiger partial charge in [0.25, 0.3) is 5.91 Å². The van der Waals surface area contributed by atoms with Crippen LogP contribution in [-0.4, -0.2) is 30.7 Å². The molecule has 3 N–H and O–H groups in total. The molecule has 0 aromatic heterocycles. The van der Waals surface area contributed by atoms with E-state index in [0.717, 1.165) is 16.7 Å². The average molecular weight is 469 g/mol. The van der Waals surface area contributed by atoms with Crippen molar-refractivity contribution in [1.82, 2.24) is 0 Å². The van der Waals surface area contributed by atoms with Gasteiger partial charge >= 0.3 is 5.97 Å². The average Bonchev–Trinajstić information content (AvgIpc) is 2.78. The number of nitrogens with one attached hydrogen (secondary N) is 2. The second-order valence-electron chi connectivity index (χ2n) is 7.50. The molecule has 0 aliphatic heterocycles. The zero-order valence-corrected chi connectivity index (χ0v) is 19.3. The van der Waals surface area contributed by atoms with E-state index in [-0.39, 0.29) is 23.8 Å². The Hall–Kier alpha value is -3.71. The van der Waals surface area contributed by atoms with Crippen LogP contribution in [0.15, 0.2) is 54.6 Å². The van der Waals surface area contributed by atoms with Crippen LogP contribution in [0.1, 0.15) is 27.0 Å². The minimum atomic E-state index is -0.990. The normalized spacial score (nSPS) is 10.4. The maximum atomic E-state index is 12.2. The fraction of sp³-hybridized carbons (Fsp3) is 0.200. The van der Waals surface area contributed by atoms with Crippen molar-refractivity contribution in [2.45, 2.75) is 20.4 Å². The summed E-state index contributed by atoms with van der Waals surface area (Å²) >= 11 is 6.41. The van der Waals surface area contributed by atoms with Crippen molar-refractivity contribution in [3.63, 3.8) is 0 Å². The highest BCUT2D eigenvalue weighted by Crippen LogP contribution is 2.36. The van der Waals surface area contributed by atoms with Crippen LogP contribution in [0.3, 0.4) is 0 Å². The van der Waals surface area contributed by atoms with Crippen molar-refractivity contribution in [3.05, 3.63) is 81.9 Å². The van der Waals surface area contributed by atoms with Crippen LogP contribution in [0.4, 0.5) is 11.4 Å². The Morgan fingerprint density at radius 2 is 1.76 bits per heavy atom. The van der Waals surface area contributed by atoms with Gasteiger partial charge in [0.2, 0.25) is 0 Å². The molecular formula is C25H25ClN2O5. The molecule has 8 heteroatoms. The molecule has 0 spiro atoms. The molecule has 3 rings (SSSR count). The number of carbonyl (C=O) groups is 2. The second-order valence-corrected chi connectivity index (χ2v) is 7.91. The number of aromatic carboxylic acids is 1. The first-order chi connectivity index (χ1) is 15.8. The van der Waals surface area contributed by atoms with E-state index < -0.39 is 5.97 Å². The lowest BCUT2D eigenvalue weighted by atomic mass is 10.1. The summed E-state index contributed by atoms with van der Waals surface area (Å²) in [5, 5.41) is 15.5. The van der Waals surface area contributed by atoms with Gasteiger partial charge in [-0.1, -0.05) is 35.4 Å². The number of hydrogen-bond acceptors (Lipinski definition) is 5. The van der Waals surface area contributed by atoms with Crippen molar-refractivity contribution < 1.29 is 24.2 Å². The van der Waals surface area contributed by atoms with Gasteiger partial charge in [-0.3, -0.25) is 4.79 Å². The third-order valence-electron chi connectivity index (χ3n) is 4.94.